The molecule has 0 N–H and O–H groups in total. The highest BCUT2D eigenvalue weighted by Gasteiger charge is 2.36. The van der Waals surface area contributed by atoms with E-state index in [0.717, 1.165) is 32.2 Å². The molecule has 130 valence electrons. The molecule has 0 aromatic carbocycles. The highest BCUT2D eigenvalue weighted by molar-refractivity contribution is 5.77. The predicted octanol–water partition coefficient (Wildman–Crippen LogP) is 3.49. The number of methoxy groups -OCH3 is 2. The molecule has 1 heterocycles. The van der Waals surface area contributed by atoms with Gasteiger partial charge in [-0.3, -0.25) is 4.79 Å². The van der Waals surface area contributed by atoms with E-state index in [1.807, 2.05) is 4.90 Å². The number of hydrogen-bond acceptors (Lipinski definition) is 3. The van der Waals surface area contributed by atoms with E-state index in [9.17, 15) is 4.79 Å². The molecule has 1 amide bonds. The van der Waals surface area contributed by atoms with Gasteiger partial charge in [0.2, 0.25) is 5.91 Å². The van der Waals surface area contributed by atoms with Crippen LogP contribution in [-0.4, -0.2) is 49.8 Å². The van der Waals surface area contributed by atoms with Crippen molar-refractivity contribution in [3.63, 3.8) is 0 Å². The molecule has 1 fully saturated rings. The van der Waals surface area contributed by atoms with Crippen molar-refractivity contribution in [3.05, 3.63) is 0 Å². The first-order chi connectivity index (χ1) is 10.4. The number of hydrogen-bond donors (Lipinski definition) is 0. The lowest BCUT2D eigenvalue weighted by atomic mass is 9.96. The van der Waals surface area contributed by atoms with Crippen molar-refractivity contribution in [2.45, 2.75) is 78.0 Å². The van der Waals surface area contributed by atoms with Crippen molar-refractivity contribution in [3.8, 4) is 0 Å². The quantitative estimate of drug-likeness (QED) is 0.654. The Labute approximate surface area is 136 Å². The molecule has 1 aliphatic rings. The Morgan fingerprint density at radius 1 is 1.23 bits per heavy atom. The van der Waals surface area contributed by atoms with Gasteiger partial charge in [0.15, 0.2) is 0 Å². The summed E-state index contributed by atoms with van der Waals surface area (Å²) in [6.07, 6.45) is 4.85. The Morgan fingerprint density at radius 3 is 2.41 bits per heavy atom. The Hall–Kier alpha value is -0.610. The largest absolute Gasteiger partial charge is 0.381 e. The maximum absolute atomic E-state index is 12.7. The molecule has 0 radical (unpaired) electrons. The van der Waals surface area contributed by atoms with E-state index >= 15 is 0 Å². The zero-order valence-electron chi connectivity index (χ0n) is 15.3. The molecule has 0 aliphatic carbocycles. The van der Waals surface area contributed by atoms with E-state index in [0.29, 0.717) is 18.3 Å². The van der Waals surface area contributed by atoms with Gasteiger partial charge in [-0.25, -0.2) is 0 Å². The Balaban J connectivity index is 2.66. The van der Waals surface area contributed by atoms with E-state index in [-0.39, 0.29) is 24.2 Å². The van der Waals surface area contributed by atoms with Crippen LogP contribution in [0.1, 0.15) is 59.8 Å². The average Bonchev–Trinajstić information content (AvgIpc) is 2.95. The third kappa shape index (κ3) is 5.24. The van der Waals surface area contributed by atoms with Crippen LogP contribution in [0.5, 0.6) is 0 Å². The van der Waals surface area contributed by atoms with Crippen LogP contribution in [0.25, 0.3) is 0 Å². The lowest BCUT2D eigenvalue weighted by Gasteiger charge is -2.34. The number of carbonyl (C=O) groups is 1. The van der Waals surface area contributed by atoms with Gasteiger partial charge in [-0.05, 0) is 31.1 Å². The maximum atomic E-state index is 12.7. The van der Waals surface area contributed by atoms with Gasteiger partial charge in [-0.2, -0.15) is 0 Å². The van der Waals surface area contributed by atoms with Crippen LogP contribution >= 0.6 is 0 Å². The van der Waals surface area contributed by atoms with Gasteiger partial charge in [0, 0.05) is 20.8 Å². The zero-order valence-corrected chi connectivity index (χ0v) is 15.3. The van der Waals surface area contributed by atoms with E-state index in [1.54, 1.807) is 14.2 Å². The maximum Gasteiger partial charge on any atom is 0.225 e. The molecule has 0 aromatic heterocycles. The minimum atomic E-state index is 0.0312. The molecule has 0 spiro atoms. The van der Waals surface area contributed by atoms with Gasteiger partial charge in [0.25, 0.3) is 0 Å². The van der Waals surface area contributed by atoms with Crippen LogP contribution in [-0.2, 0) is 14.3 Å². The monoisotopic (exact) mass is 313 g/mol. The molecule has 1 rings (SSSR count). The molecule has 0 unspecified atom stereocenters. The van der Waals surface area contributed by atoms with E-state index in [2.05, 4.69) is 27.7 Å². The predicted molar refractivity (Wildman–Crippen MR) is 89.9 cm³/mol. The minimum absolute atomic E-state index is 0.0312. The number of nitrogens with zero attached hydrogens (tertiary/aromatic N) is 1. The molecule has 1 aliphatic heterocycles. The van der Waals surface area contributed by atoms with Crippen molar-refractivity contribution >= 4 is 5.91 Å². The van der Waals surface area contributed by atoms with Crippen LogP contribution in [0.4, 0.5) is 0 Å². The Morgan fingerprint density at radius 2 is 1.91 bits per heavy atom. The molecular formula is C18H35NO3. The highest BCUT2D eigenvalue weighted by Crippen LogP contribution is 2.27. The van der Waals surface area contributed by atoms with E-state index in [4.69, 9.17) is 9.47 Å². The molecule has 0 saturated carbocycles. The average molecular weight is 313 g/mol. The molecule has 22 heavy (non-hydrogen) atoms. The van der Waals surface area contributed by atoms with Crippen LogP contribution < -0.4 is 0 Å². The summed E-state index contributed by atoms with van der Waals surface area (Å²) < 4.78 is 11.2. The van der Waals surface area contributed by atoms with Crippen molar-refractivity contribution in [2.75, 3.05) is 20.8 Å². The first-order valence-corrected chi connectivity index (χ1v) is 8.79. The summed E-state index contributed by atoms with van der Waals surface area (Å²) in [5.41, 5.74) is 0. The summed E-state index contributed by atoms with van der Waals surface area (Å²) in [7, 11) is 3.47. The lowest BCUT2D eigenvalue weighted by Crippen LogP contribution is -2.46. The molecule has 1 saturated heterocycles. The number of rotatable bonds is 9. The van der Waals surface area contributed by atoms with Crippen LogP contribution in [0.15, 0.2) is 0 Å². The Bertz CT molecular complexity index is 332. The van der Waals surface area contributed by atoms with Crippen LogP contribution in [0.3, 0.4) is 0 Å². The van der Waals surface area contributed by atoms with Gasteiger partial charge in [0.05, 0.1) is 24.7 Å². The van der Waals surface area contributed by atoms with Gasteiger partial charge in [-0.15, -0.1) is 0 Å². The fraction of sp³-hybridized carbons (Fsp3) is 0.944. The molecule has 0 bridgehead atoms. The van der Waals surface area contributed by atoms with Gasteiger partial charge < -0.3 is 14.4 Å². The molecular weight excluding hydrogens is 278 g/mol. The standard InChI is InChI=1S/C18H35NO3/c1-7-14(4)11-15(21-5)12-17(20)19-10-8-9-16(19)18(22-6)13(2)3/h13-16,18H,7-12H2,1-6H3/t14-,15-,16-,18+/m0/s1. The van der Waals surface area contributed by atoms with Gasteiger partial charge >= 0.3 is 0 Å². The van der Waals surface area contributed by atoms with E-state index < -0.39 is 0 Å². The third-order valence-corrected chi connectivity index (χ3v) is 5.03. The first-order valence-electron chi connectivity index (χ1n) is 8.79. The molecule has 4 heteroatoms. The summed E-state index contributed by atoms with van der Waals surface area (Å²) in [6, 6.07) is 0.221. The van der Waals surface area contributed by atoms with Crippen molar-refractivity contribution in [1.82, 2.24) is 4.90 Å². The van der Waals surface area contributed by atoms with Crippen molar-refractivity contribution in [1.29, 1.82) is 0 Å². The summed E-state index contributed by atoms with van der Waals surface area (Å²) in [5.74, 6) is 1.23. The number of likely N-dealkylation sites (tertiary alicyclic amines) is 1. The fourth-order valence-corrected chi connectivity index (χ4v) is 3.51. The zero-order chi connectivity index (χ0) is 16.7. The number of amides is 1. The first kappa shape index (κ1) is 19.4. The highest BCUT2D eigenvalue weighted by atomic mass is 16.5. The Kier molecular flexibility index (Phi) is 8.40. The van der Waals surface area contributed by atoms with E-state index in [1.165, 1.54) is 0 Å². The van der Waals surface area contributed by atoms with Crippen LogP contribution in [0, 0.1) is 11.8 Å². The summed E-state index contributed by atoms with van der Waals surface area (Å²) in [6.45, 7) is 9.58. The smallest absolute Gasteiger partial charge is 0.225 e. The molecule has 4 atom stereocenters. The second-order valence-corrected chi connectivity index (χ2v) is 7.05. The second-order valence-electron chi connectivity index (χ2n) is 7.05. The summed E-state index contributed by atoms with van der Waals surface area (Å²) >= 11 is 0. The summed E-state index contributed by atoms with van der Waals surface area (Å²) in [4.78, 5) is 14.8. The van der Waals surface area contributed by atoms with Gasteiger partial charge in [0.1, 0.15) is 0 Å². The third-order valence-electron chi connectivity index (χ3n) is 5.03. The number of ether oxygens (including phenoxy) is 2. The van der Waals surface area contributed by atoms with Crippen molar-refractivity contribution < 1.29 is 14.3 Å². The van der Waals surface area contributed by atoms with Crippen LogP contribution in [0.2, 0.25) is 0 Å². The molecule has 0 aromatic rings. The summed E-state index contributed by atoms with van der Waals surface area (Å²) in [5, 5.41) is 0. The molecule has 4 nitrogen and oxygen atoms in total. The fourth-order valence-electron chi connectivity index (χ4n) is 3.51. The lowest BCUT2D eigenvalue weighted by molar-refractivity contribution is -0.138. The number of carbonyl (C=O) groups excluding carboxylic acids is 1. The minimum Gasteiger partial charge on any atom is -0.381 e. The SMILES string of the molecule is CC[C@H](C)C[C@@H](CC(=O)N1CCC[C@H]1[C@H](OC)C(C)C)OC. The topological polar surface area (TPSA) is 38.8 Å². The van der Waals surface area contributed by atoms with Gasteiger partial charge in [-0.1, -0.05) is 34.1 Å². The van der Waals surface area contributed by atoms with Crippen molar-refractivity contribution in [2.24, 2.45) is 11.8 Å². The second kappa shape index (κ2) is 9.51. The normalized spacial score (nSPS) is 22.9.